The molecule has 0 unspecified atom stereocenters. The monoisotopic (exact) mass is 224 g/mol. The SMILES string of the molecule is COC(=O)c1nnc(Cc2ccsc2)o1. The van der Waals surface area contributed by atoms with Crippen LogP contribution in [0.25, 0.3) is 0 Å². The van der Waals surface area contributed by atoms with Crippen molar-refractivity contribution in [2.24, 2.45) is 0 Å². The Bertz CT molecular complexity index is 450. The predicted octanol–water partition coefficient (Wildman–Crippen LogP) is 1.51. The number of methoxy groups -OCH3 is 1. The van der Waals surface area contributed by atoms with E-state index in [9.17, 15) is 4.79 Å². The van der Waals surface area contributed by atoms with Crippen LogP contribution in [0, 0.1) is 0 Å². The summed E-state index contributed by atoms with van der Waals surface area (Å²) in [6.45, 7) is 0. The third-order valence-corrected chi connectivity index (χ3v) is 2.49. The van der Waals surface area contributed by atoms with Crippen LogP contribution in [0.5, 0.6) is 0 Å². The number of esters is 1. The van der Waals surface area contributed by atoms with Gasteiger partial charge in [-0.25, -0.2) is 4.79 Å². The molecule has 0 aliphatic carbocycles. The van der Waals surface area contributed by atoms with Crippen LogP contribution in [0.2, 0.25) is 0 Å². The highest BCUT2D eigenvalue weighted by Gasteiger charge is 2.14. The first-order valence-electron chi connectivity index (χ1n) is 4.21. The van der Waals surface area contributed by atoms with E-state index in [0.29, 0.717) is 12.3 Å². The molecule has 0 radical (unpaired) electrons. The molecule has 0 aromatic carbocycles. The molecule has 0 saturated heterocycles. The Morgan fingerprint density at radius 3 is 3.13 bits per heavy atom. The summed E-state index contributed by atoms with van der Waals surface area (Å²) in [5.74, 6) is -0.310. The maximum atomic E-state index is 11.0. The summed E-state index contributed by atoms with van der Waals surface area (Å²) < 4.78 is 9.57. The smallest absolute Gasteiger partial charge is 0.396 e. The minimum atomic E-state index is -0.612. The average molecular weight is 224 g/mol. The lowest BCUT2D eigenvalue weighted by molar-refractivity contribution is 0.0554. The molecule has 0 fully saturated rings. The van der Waals surface area contributed by atoms with Gasteiger partial charge >= 0.3 is 11.9 Å². The zero-order valence-electron chi connectivity index (χ0n) is 7.97. The number of hydrogen-bond acceptors (Lipinski definition) is 6. The lowest BCUT2D eigenvalue weighted by Crippen LogP contribution is -2.00. The van der Waals surface area contributed by atoms with Crippen molar-refractivity contribution >= 4 is 17.3 Å². The molecule has 78 valence electrons. The Hall–Kier alpha value is -1.69. The fourth-order valence-electron chi connectivity index (χ4n) is 1.06. The van der Waals surface area contributed by atoms with Gasteiger partial charge in [-0.2, -0.15) is 11.3 Å². The molecule has 6 heteroatoms. The van der Waals surface area contributed by atoms with Crippen molar-refractivity contribution in [3.05, 3.63) is 34.2 Å². The van der Waals surface area contributed by atoms with E-state index >= 15 is 0 Å². The van der Waals surface area contributed by atoms with Crippen LogP contribution >= 0.6 is 11.3 Å². The van der Waals surface area contributed by atoms with E-state index in [4.69, 9.17) is 4.42 Å². The highest BCUT2D eigenvalue weighted by molar-refractivity contribution is 7.07. The summed E-state index contributed by atoms with van der Waals surface area (Å²) >= 11 is 1.59. The first kappa shape index (κ1) is 9.85. The summed E-state index contributed by atoms with van der Waals surface area (Å²) in [6.07, 6.45) is 0.535. The van der Waals surface area contributed by atoms with Crippen LogP contribution in [0.4, 0.5) is 0 Å². The van der Waals surface area contributed by atoms with Gasteiger partial charge < -0.3 is 9.15 Å². The second-order valence-corrected chi connectivity index (χ2v) is 3.58. The van der Waals surface area contributed by atoms with E-state index in [1.165, 1.54) is 7.11 Å². The van der Waals surface area contributed by atoms with Gasteiger partial charge in [0.15, 0.2) is 0 Å². The zero-order valence-corrected chi connectivity index (χ0v) is 8.78. The number of rotatable bonds is 3. The van der Waals surface area contributed by atoms with Crippen molar-refractivity contribution in [1.82, 2.24) is 10.2 Å². The number of aromatic nitrogens is 2. The molecule has 2 aromatic heterocycles. The Kier molecular flexibility index (Phi) is 2.77. The zero-order chi connectivity index (χ0) is 10.7. The molecule has 2 rings (SSSR count). The molecule has 0 aliphatic heterocycles. The molecule has 2 heterocycles. The maximum Gasteiger partial charge on any atom is 0.396 e. The molecule has 0 atom stereocenters. The molecular weight excluding hydrogens is 216 g/mol. The summed E-state index contributed by atoms with van der Waals surface area (Å²) in [6, 6.07) is 1.96. The second-order valence-electron chi connectivity index (χ2n) is 2.80. The van der Waals surface area contributed by atoms with E-state index in [-0.39, 0.29) is 5.89 Å². The van der Waals surface area contributed by atoms with Gasteiger partial charge in [0.05, 0.1) is 13.5 Å². The Morgan fingerprint density at radius 1 is 1.60 bits per heavy atom. The van der Waals surface area contributed by atoms with Crippen molar-refractivity contribution in [2.75, 3.05) is 7.11 Å². The molecule has 2 aromatic rings. The summed E-state index contributed by atoms with van der Waals surface area (Å²) in [5.41, 5.74) is 1.08. The fraction of sp³-hybridized carbons (Fsp3) is 0.222. The van der Waals surface area contributed by atoms with Crippen LogP contribution in [0.15, 0.2) is 21.2 Å². The van der Waals surface area contributed by atoms with Crippen molar-refractivity contribution in [3.63, 3.8) is 0 Å². The number of carbonyl (C=O) groups is 1. The van der Waals surface area contributed by atoms with Crippen molar-refractivity contribution < 1.29 is 13.9 Å². The molecule has 0 aliphatic rings. The maximum absolute atomic E-state index is 11.0. The van der Waals surface area contributed by atoms with Crippen LogP contribution in [0.3, 0.4) is 0 Å². The fourth-order valence-corrected chi connectivity index (χ4v) is 1.73. The number of carbonyl (C=O) groups excluding carboxylic acids is 1. The van der Waals surface area contributed by atoms with Gasteiger partial charge in [0.2, 0.25) is 5.89 Å². The van der Waals surface area contributed by atoms with E-state index in [2.05, 4.69) is 14.9 Å². The molecule has 0 N–H and O–H groups in total. The topological polar surface area (TPSA) is 65.2 Å². The Morgan fingerprint density at radius 2 is 2.47 bits per heavy atom. The van der Waals surface area contributed by atoms with Gasteiger partial charge in [-0.15, -0.1) is 10.2 Å². The van der Waals surface area contributed by atoms with Gasteiger partial charge in [0.25, 0.3) is 0 Å². The lowest BCUT2D eigenvalue weighted by atomic mass is 10.2. The molecular formula is C9H8N2O3S. The third kappa shape index (κ3) is 2.21. The first-order valence-corrected chi connectivity index (χ1v) is 5.15. The van der Waals surface area contributed by atoms with E-state index in [1.54, 1.807) is 11.3 Å². The molecule has 0 saturated carbocycles. The molecule has 0 spiro atoms. The largest absolute Gasteiger partial charge is 0.462 e. The number of ether oxygens (including phenoxy) is 1. The predicted molar refractivity (Wildman–Crippen MR) is 52.8 cm³/mol. The Labute approximate surface area is 89.7 Å². The van der Waals surface area contributed by atoms with E-state index in [1.807, 2.05) is 16.8 Å². The van der Waals surface area contributed by atoms with Gasteiger partial charge in [-0.1, -0.05) is 0 Å². The van der Waals surface area contributed by atoms with Crippen molar-refractivity contribution in [1.29, 1.82) is 0 Å². The number of hydrogen-bond donors (Lipinski definition) is 0. The normalized spacial score (nSPS) is 10.2. The number of thiophene rings is 1. The van der Waals surface area contributed by atoms with E-state index < -0.39 is 5.97 Å². The summed E-state index contributed by atoms with van der Waals surface area (Å²) in [7, 11) is 1.27. The highest BCUT2D eigenvalue weighted by atomic mass is 32.1. The van der Waals surface area contributed by atoms with Crippen molar-refractivity contribution in [2.45, 2.75) is 6.42 Å². The van der Waals surface area contributed by atoms with Gasteiger partial charge in [-0.3, -0.25) is 0 Å². The van der Waals surface area contributed by atoms with Gasteiger partial charge in [0, 0.05) is 0 Å². The third-order valence-electron chi connectivity index (χ3n) is 1.76. The van der Waals surface area contributed by atoms with Gasteiger partial charge in [-0.05, 0) is 22.4 Å². The van der Waals surface area contributed by atoms with Crippen LogP contribution in [0.1, 0.15) is 22.1 Å². The Balaban J connectivity index is 2.11. The van der Waals surface area contributed by atoms with Crippen molar-refractivity contribution in [3.8, 4) is 0 Å². The van der Waals surface area contributed by atoms with E-state index in [0.717, 1.165) is 5.56 Å². The molecule has 5 nitrogen and oxygen atoms in total. The summed E-state index contributed by atoms with van der Waals surface area (Å²) in [5, 5.41) is 11.3. The average Bonchev–Trinajstić information content (AvgIpc) is 2.88. The molecule has 0 bridgehead atoms. The quantitative estimate of drug-likeness (QED) is 0.739. The first-order chi connectivity index (χ1) is 7.29. The van der Waals surface area contributed by atoms with Crippen LogP contribution in [-0.2, 0) is 11.2 Å². The van der Waals surface area contributed by atoms with Crippen LogP contribution in [-0.4, -0.2) is 23.3 Å². The minimum Gasteiger partial charge on any atom is -0.462 e. The van der Waals surface area contributed by atoms with Gasteiger partial charge in [0.1, 0.15) is 0 Å². The molecule has 0 amide bonds. The minimum absolute atomic E-state index is 0.109. The highest BCUT2D eigenvalue weighted by Crippen LogP contribution is 2.11. The summed E-state index contributed by atoms with van der Waals surface area (Å²) in [4.78, 5) is 11.0. The second kappa shape index (κ2) is 4.22. The van der Waals surface area contributed by atoms with Crippen LogP contribution < -0.4 is 0 Å². The standard InChI is InChI=1S/C9H8N2O3S/c1-13-9(12)8-11-10-7(14-8)4-6-2-3-15-5-6/h2-3,5H,4H2,1H3. The molecule has 15 heavy (non-hydrogen) atoms. The lowest BCUT2D eigenvalue weighted by Gasteiger charge is -1.90. The number of nitrogens with zero attached hydrogens (tertiary/aromatic N) is 2.